The van der Waals surface area contributed by atoms with Gasteiger partial charge in [0.15, 0.2) is 0 Å². The Bertz CT molecular complexity index is 450. The lowest BCUT2D eigenvalue weighted by Crippen LogP contribution is -2.47. The van der Waals surface area contributed by atoms with E-state index in [9.17, 15) is 5.11 Å². The monoisotopic (exact) mass is 327 g/mol. The highest BCUT2D eigenvalue weighted by atomic mass is 79.9. The summed E-state index contributed by atoms with van der Waals surface area (Å²) in [4.78, 5) is 2.35. The van der Waals surface area contributed by atoms with Crippen LogP contribution < -0.4 is 4.90 Å². The van der Waals surface area contributed by atoms with Crippen molar-refractivity contribution in [3.63, 3.8) is 0 Å². The van der Waals surface area contributed by atoms with E-state index in [4.69, 9.17) is 4.74 Å². The summed E-state index contributed by atoms with van der Waals surface area (Å²) in [5.74, 6) is 0. The Hall–Kier alpha value is -0.580. The van der Waals surface area contributed by atoms with E-state index in [-0.39, 0.29) is 5.60 Å². The lowest BCUT2D eigenvalue weighted by Gasteiger charge is -2.40. The van der Waals surface area contributed by atoms with Gasteiger partial charge in [-0.05, 0) is 44.4 Å². The minimum absolute atomic E-state index is 0.0618. The largest absolute Gasteiger partial charge is 0.389 e. The maximum absolute atomic E-state index is 9.66. The maximum Gasteiger partial charge on any atom is 0.0825 e. The lowest BCUT2D eigenvalue weighted by atomic mass is 9.94. The zero-order valence-corrected chi connectivity index (χ0v) is 13.4. The molecule has 0 amide bonds. The van der Waals surface area contributed by atoms with E-state index in [1.165, 1.54) is 5.69 Å². The van der Waals surface area contributed by atoms with Crippen LogP contribution in [0.1, 0.15) is 38.4 Å². The number of aliphatic hydroxyl groups is 1. The first-order valence-corrected chi connectivity index (χ1v) is 7.52. The van der Waals surface area contributed by atoms with Gasteiger partial charge in [-0.3, -0.25) is 0 Å². The summed E-state index contributed by atoms with van der Waals surface area (Å²) in [7, 11) is 1.79. The molecule has 1 fully saturated rings. The molecule has 2 rings (SSSR count). The van der Waals surface area contributed by atoms with Crippen LogP contribution in [0.3, 0.4) is 0 Å². The van der Waals surface area contributed by atoms with Crippen molar-refractivity contribution >= 4 is 21.6 Å². The third-order valence-corrected chi connectivity index (χ3v) is 4.64. The van der Waals surface area contributed by atoms with Crippen LogP contribution in [0, 0.1) is 0 Å². The molecule has 1 N–H and O–H groups in total. The average molecular weight is 328 g/mol. The van der Waals surface area contributed by atoms with Crippen molar-refractivity contribution < 1.29 is 9.84 Å². The van der Waals surface area contributed by atoms with E-state index < -0.39 is 6.10 Å². The number of ether oxygens (including phenoxy) is 1. The van der Waals surface area contributed by atoms with Gasteiger partial charge in [-0.1, -0.05) is 22.0 Å². The van der Waals surface area contributed by atoms with E-state index in [1.807, 2.05) is 6.07 Å². The van der Waals surface area contributed by atoms with Crippen molar-refractivity contribution in [2.24, 2.45) is 0 Å². The summed E-state index contributed by atoms with van der Waals surface area (Å²) >= 11 is 3.54. The minimum Gasteiger partial charge on any atom is -0.389 e. The molecule has 1 aliphatic heterocycles. The van der Waals surface area contributed by atoms with Crippen molar-refractivity contribution in [3.05, 3.63) is 28.2 Å². The number of aliphatic hydroxyl groups excluding tert-OH is 1. The molecule has 2 unspecified atom stereocenters. The second-order valence-corrected chi connectivity index (χ2v) is 6.42. The Morgan fingerprint density at radius 2 is 2.21 bits per heavy atom. The van der Waals surface area contributed by atoms with Gasteiger partial charge in [0.1, 0.15) is 0 Å². The zero-order valence-electron chi connectivity index (χ0n) is 11.8. The fourth-order valence-electron chi connectivity index (χ4n) is 2.64. The van der Waals surface area contributed by atoms with E-state index in [2.05, 4.69) is 39.9 Å². The molecule has 1 saturated heterocycles. The third-order valence-electron chi connectivity index (χ3n) is 3.95. The Kier molecular flexibility index (Phi) is 4.54. The van der Waals surface area contributed by atoms with Gasteiger partial charge < -0.3 is 14.7 Å². The van der Waals surface area contributed by atoms with Crippen LogP contribution in [-0.4, -0.2) is 30.9 Å². The molecule has 0 radical (unpaired) electrons. The van der Waals surface area contributed by atoms with Crippen molar-refractivity contribution in [1.29, 1.82) is 0 Å². The Morgan fingerprint density at radius 3 is 2.79 bits per heavy atom. The summed E-state index contributed by atoms with van der Waals surface area (Å²) in [6, 6.07) is 6.15. The summed E-state index contributed by atoms with van der Waals surface area (Å²) in [5, 5.41) is 9.66. The van der Waals surface area contributed by atoms with Gasteiger partial charge >= 0.3 is 0 Å². The highest BCUT2D eigenvalue weighted by molar-refractivity contribution is 9.10. The van der Waals surface area contributed by atoms with Crippen molar-refractivity contribution in [2.45, 2.75) is 38.4 Å². The number of methoxy groups -OCH3 is 1. The molecule has 3 nitrogen and oxygen atoms in total. The van der Waals surface area contributed by atoms with Crippen molar-refractivity contribution in [1.82, 2.24) is 0 Å². The quantitative estimate of drug-likeness (QED) is 0.922. The number of hydrogen-bond donors (Lipinski definition) is 1. The number of nitrogens with zero attached hydrogens (tertiary/aromatic N) is 1. The van der Waals surface area contributed by atoms with Gasteiger partial charge in [-0.2, -0.15) is 0 Å². The van der Waals surface area contributed by atoms with E-state index in [0.29, 0.717) is 0 Å². The van der Waals surface area contributed by atoms with Gasteiger partial charge in [0.2, 0.25) is 0 Å². The van der Waals surface area contributed by atoms with Gasteiger partial charge in [0.05, 0.1) is 11.7 Å². The molecule has 1 heterocycles. The molecule has 1 aliphatic rings. The van der Waals surface area contributed by atoms with Crippen LogP contribution >= 0.6 is 15.9 Å². The number of benzene rings is 1. The standard InChI is InChI=1S/C15H22BrNO2/c1-11(18)13-6-5-12(9-14(13)16)17-8-4-7-15(2,10-17)19-3/h5-6,9,11,18H,4,7-8,10H2,1-3H3. The zero-order chi connectivity index (χ0) is 14.0. The van der Waals surface area contributed by atoms with Gasteiger partial charge in [-0.15, -0.1) is 0 Å². The maximum atomic E-state index is 9.66. The normalized spacial score (nSPS) is 25.4. The Morgan fingerprint density at radius 1 is 1.47 bits per heavy atom. The van der Waals surface area contributed by atoms with Crippen molar-refractivity contribution in [3.8, 4) is 0 Å². The Labute approximate surface area is 123 Å². The van der Waals surface area contributed by atoms with E-state index in [1.54, 1.807) is 14.0 Å². The SMILES string of the molecule is COC1(C)CCCN(c2ccc(C(C)O)c(Br)c2)C1. The first kappa shape index (κ1) is 14.8. The number of hydrogen-bond acceptors (Lipinski definition) is 3. The molecule has 1 aromatic rings. The molecule has 19 heavy (non-hydrogen) atoms. The summed E-state index contributed by atoms with van der Waals surface area (Å²) in [6.07, 6.45) is 1.79. The highest BCUT2D eigenvalue weighted by Crippen LogP contribution is 2.32. The van der Waals surface area contributed by atoms with Crippen molar-refractivity contribution in [2.75, 3.05) is 25.1 Å². The minimum atomic E-state index is -0.450. The molecule has 0 aromatic heterocycles. The molecule has 0 aliphatic carbocycles. The molecule has 2 atom stereocenters. The molecule has 0 bridgehead atoms. The van der Waals surface area contributed by atoms with Crippen LogP contribution in [0.5, 0.6) is 0 Å². The highest BCUT2D eigenvalue weighted by Gasteiger charge is 2.31. The average Bonchev–Trinajstić information content (AvgIpc) is 2.38. The fourth-order valence-corrected chi connectivity index (χ4v) is 3.34. The molecular weight excluding hydrogens is 306 g/mol. The predicted octanol–water partition coefficient (Wildman–Crippen LogP) is 3.51. The fraction of sp³-hybridized carbons (Fsp3) is 0.600. The third kappa shape index (κ3) is 3.30. The molecular formula is C15H22BrNO2. The summed E-state index contributed by atoms with van der Waals surface area (Å²) < 4.78 is 6.59. The topological polar surface area (TPSA) is 32.7 Å². The van der Waals surface area contributed by atoms with Crippen LogP contribution in [0.2, 0.25) is 0 Å². The molecule has 1 aromatic carbocycles. The van der Waals surface area contributed by atoms with Gasteiger partial charge in [-0.25, -0.2) is 0 Å². The molecule has 0 saturated carbocycles. The van der Waals surface area contributed by atoms with Gasteiger partial charge in [0, 0.05) is 30.4 Å². The van der Waals surface area contributed by atoms with E-state index in [0.717, 1.165) is 36.0 Å². The van der Waals surface area contributed by atoms with Crippen LogP contribution in [-0.2, 0) is 4.74 Å². The summed E-state index contributed by atoms with van der Waals surface area (Å²) in [5.41, 5.74) is 2.04. The van der Waals surface area contributed by atoms with Crippen LogP contribution in [0.15, 0.2) is 22.7 Å². The summed E-state index contributed by atoms with van der Waals surface area (Å²) in [6.45, 7) is 5.91. The molecule has 0 spiro atoms. The second-order valence-electron chi connectivity index (χ2n) is 5.56. The smallest absolute Gasteiger partial charge is 0.0825 e. The predicted molar refractivity (Wildman–Crippen MR) is 81.6 cm³/mol. The van der Waals surface area contributed by atoms with Crippen LogP contribution in [0.4, 0.5) is 5.69 Å². The molecule has 106 valence electrons. The Balaban J connectivity index is 2.20. The number of anilines is 1. The van der Waals surface area contributed by atoms with E-state index >= 15 is 0 Å². The van der Waals surface area contributed by atoms with Gasteiger partial charge in [0.25, 0.3) is 0 Å². The number of rotatable bonds is 3. The lowest BCUT2D eigenvalue weighted by molar-refractivity contribution is -0.00465. The number of halogens is 1. The first-order chi connectivity index (χ1) is 8.95. The first-order valence-electron chi connectivity index (χ1n) is 6.73. The number of piperidine rings is 1. The second kappa shape index (κ2) is 5.81. The molecule has 4 heteroatoms. The van der Waals surface area contributed by atoms with Crippen LogP contribution in [0.25, 0.3) is 0 Å².